The Morgan fingerprint density at radius 2 is 1.87 bits per heavy atom. The number of nitrogens with zero attached hydrogens (tertiary/aromatic N) is 1. The third-order valence-electron chi connectivity index (χ3n) is 2.82. The Bertz CT molecular complexity index is 379. The van der Waals surface area contributed by atoms with Gasteiger partial charge < -0.3 is 4.90 Å². The number of amides is 1. The van der Waals surface area contributed by atoms with Crippen molar-refractivity contribution in [1.82, 2.24) is 4.90 Å². The Morgan fingerprint density at radius 3 is 2.33 bits per heavy atom. The van der Waals surface area contributed by atoms with Crippen LogP contribution in [0.1, 0.15) is 12.5 Å². The van der Waals surface area contributed by atoms with Crippen LogP contribution < -0.4 is 0 Å². The summed E-state index contributed by atoms with van der Waals surface area (Å²) in [6.45, 7) is 2.50. The van der Waals surface area contributed by atoms with Crippen LogP contribution in [0.3, 0.4) is 0 Å². The molecule has 2 rings (SSSR count). The molecular formula is C11H11F2NO. The SMILES string of the molecule is CC1(c2c(F)cccc2F)CN(C=O)C1. The Labute approximate surface area is 86.5 Å². The number of hydrogen-bond acceptors (Lipinski definition) is 1. The number of halogens is 2. The molecule has 0 aromatic heterocycles. The predicted octanol–water partition coefficient (Wildman–Crippen LogP) is 1.69. The van der Waals surface area contributed by atoms with Crippen molar-refractivity contribution in [1.29, 1.82) is 0 Å². The third-order valence-corrected chi connectivity index (χ3v) is 2.82. The first-order valence-corrected chi connectivity index (χ1v) is 4.71. The molecule has 1 aromatic carbocycles. The summed E-state index contributed by atoms with van der Waals surface area (Å²) in [7, 11) is 0. The van der Waals surface area contributed by atoms with Crippen molar-refractivity contribution in [3.05, 3.63) is 35.4 Å². The summed E-state index contributed by atoms with van der Waals surface area (Å²) in [6, 6.07) is 3.83. The van der Waals surface area contributed by atoms with E-state index in [0.29, 0.717) is 19.5 Å². The maximum atomic E-state index is 13.5. The van der Waals surface area contributed by atoms with Crippen molar-refractivity contribution in [2.75, 3.05) is 13.1 Å². The second kappa shape index (κ2) is 3.29. The van der Waals surface area contributed by atoms with E-state index < -0.39 is 17.0 Å². The zero-order valence-electron chi connectivity index (χ0n) is 8.34. The largest absolute Gasteiger partial charge is 0.343 e. The van der Waals surface area contributed by atoms with Gasteiger partial charge in [-0.25, -0.2) is 8.78 Å². The molecule has 15 heavy (non-hydrogen) atoms. The zero-order chi connectivity index (χ0) is 11.1. The van der Waals surface area contributed by atoms with Gasteiger partial charge in [0.25, 0.3) is 0 Å². The smallest absolute Gasteiger partial charge is 0.209 e. The lowest BCUT2D eigenvalue weighted by molar-refractivity contribution is -0.124. The van der Waals surface area contributed by atoms with Gasteiger partial charge in [-0.05, 0) is 12.1 Å². The van der Waals surface area contributed by atoms with Crippen LogP contribution in [0.25, 0.3) is 0 Å². The van der Waals surface area contributed by atoms with Gasteiger partial charge in [0.2, 0.25) is 6.41 Å². The van der Waals surface area contributed by atoms with Gasteiger partial charge in [-0.1, -0.05) is 13.0 Å². The average molecular weight is 211 g/mol. The van der Waals surface area contributed by atoms with Gasteiger partial charge in [0, 0.05) is 24.1 Å². The van der Waals surface area contributed by atoms with Crippen molar-refractivity contribution in [2.24, 2.45) is 0 Å². The highest BCUT2D eigenvalue weighted by Crippen LogP contribution is 2.36. The van der Waals surface area contributed by atoms with E-state index in [0.717, 1.165) is 0 Å². The number of carbonyl (C=O) groups excluding carboxylic acids is 1. The molecule has 80 valence electrons. The van der Waals surface area contributed by atoms with Crippen LogP contribution in [0.4, 0.5) is 8.78 Å². The maximum absolute atomic E-state index is 13.5. The lowest BCUT2D eigenvalue weighted by Gasteiger charge is -2.46. The summed E-state index contributed by atoms with van der Waals surface area (Å²) in [6.07, 6.45) is 0.695. The van der Waals surface area contributed by atoms with E-state index in [-0.39, 0.29) is 5.56 Å². The molecule has 0 aliphatic carbocycles. The van der Waals surface area contributed by atoms with Crippen LogP contribution >= 0.6 is 0 Å². The topological polar surface area (TPSA) is 20.3 Å². The highest BCUT2D eigenvalue weighted by atomic mass is 19.1. The fraction of sp³-hybridized carbons (Fsp3) is 0.364. The zero-order valence-corrected chi connectivity index (χ0v) is 8.34. The van der Waals surface area contributed by atoms with Crippen LogP contribution in [0.5, 0.6) is 0 Å². The Hall–Kier alpha value is -1.45. The molecule has 0 atom stereocenters. The van der Waals surface area contributed by atoms with E-state index in [9.17, 15) is 13.6 Å². The molecule has 0 spiro atoms. The molecule has 0 saturated carbocycles. The maximum Gasteiger partial charge on any atom is 0.209 e. The standard InChI is InChI=1S/C11H11F2NO/c1-11(5-14(6-11)7-15)10-8(12)3-2-4-9(10)13/h2-4,7H,5-6H2,1H3. The lowest BCUT2D eigenvalue weighted by Crippen LogP contribution is -2.57. The second-order valence-corrected chi connectivity index (χ2v) is 4.17. The van der Waals surface area contributed by atoms with E-state index in [1.807, 2.05) is 0 Å². The molecule has 1 aliphatic heterocycles. The fourth-order valence-corrected chi connectivity index (χ4v) is 2.16. The lowest BCUT2D eigenvalue weighted by atomic mass is 9.75. The van der Waals surface area contributed by atoms with Gasteiger partial charge in [-0.3, -0.25) is 4.79 Å². The van der Waals surface area contributed by atoms with Gasteiger partial charge in [-0.2, -0.15) is 0 Å². The highest BCUT2D eigenvalue weighted by molar-refractivity contribution is 5.51. The molecule has 0 N–H and O–H groups in total. The number of benzene rings is 1. The third kappa shape index (κ3) is 1.50. The van der Waals surface area contributed by atoms with E-state index in [4.69, 9.17) is 0 Å². The van der Waals surface area contributed by atoms with Gasteiger partial charge >= 0.3 is 0 Å². The molecule has 1 amide bonds. The van der Waals surface area contributed by atoms with Crippen molar-refractivity contribution >= 4 is 6.41 Å². The summed E-state index contributed by atoms with van der Waals surface area (Å²) in [5.41, 5.74) is -0.501. The summed E-state index contributed by atoms with van der Waals surface area (Å²) >= 11 is 0. The molecule has 2 nitrogen and oxygen atoms in total. The van der Waals surface area contributed by atoms with Crippen molar-refractivity contribution in [2.45, 2.75) is 12.3 Å². The van der Waals surface area contributed by atoms with Gasteiger partial charge in [0.1, 0.15) is 11.6 Å². The van der Waals surface area contributed by atoms with E-state index in [1.54, 1.807) is 6.92 Å². The van der Waals surface area contributed by atoms with Crippen LogP contribution in [0.15, 0.2) is 18.2 Å². The molecule has 0 bridgehead atoms. The minimum atomic E-state index is -0.587. The quantitative estimate of drug-likeness (QED) is 0.682. The minimum Gasteiger partial charge on any atom is -0.343 e. The fourth-order valence-electron chi connectivity index (χ4n) is 2.16. The predicted molar refractivity (Wildman–Crippen MR) is 51.3 cm³/mol. The van der Waals surface area contributed by atoms with Gasteiger partial charge in [-0.15, -0.1) is 0 Å². The summed E-state index contributed by atoms with van der Waals surface area (Å²) in [5.74, 6) is -1.08. The normalized spacial score (nSPS) is 18.5. The molecule has 1 aromatic rings. The van der Waals surface area contributed by atoms with Crippen LogP contribution in [0, 0.1) is 11.6 Å². The Balaban J connectivity index is 2.35. The Kier molecular flexibility index (Phi) is 2.21. The van der Waals surface area contributed by atoms with Gasteiger partial charge in [0.15, 0.2) is 0 Å². The molecule has 0 unspecified atom stereocenters. The van der Waals surface area contributed by atoms with Crippen molar-refractivity contribution < 1.29 is 13.6 Å². The Morgan fingerprint density at radius 1 is 1.33 bits per heavy atom. The number of hydrogen-bond donors (Lipinski definition) is 0. The highest BCUT2D eigenvalue weighted by Gasteiger charge is 2.43. The summed E-state index contributed by atoms with van der Waals surface area (Å²) in [4.78, 5) is 11.9. The van der Waals surface area contributed by atoms with Crippen LogP contribution in [-0.2, 0) is 10.2 Å². The molecule has 1 saturated heterocycles. The van der Waals surface area contributed by atoms with Crippen molar-refractivity contribution in [3.8, 4) is 0 Å². The average Bonchev–Trinajstić information content (AvgIpc) is 2.13. The monoisotopic (exact) mass is 211 g/mol. The number of rotatable bonds is 2. The summed E-state index contributed by atoms with van der Waals surface area (Å²) < 4.78 is 26.9. The molecular weight excluding hydrogens is 200 g/mol. The van der Waals surface area contributed by atoms with Gasteiger partial charge in [0.05, 0.1) is 0 Å². The molecule has 1 aliphatic rings. The van der Waals surface area contributed by atoms with E-state index in [2.05, 4.69) is 0 Å². The van der Waals surface area contributed by atoms with E-state index in [1.165, 1.54) is 23.1 Å². The molecule has 0 radical (unpaired) electrons. The number of carbonyl (C=O) groups is 1. The minimum absolute atomic E-state index is 0.0862. The van der Waals surface area contributed by atoms with Crippen LogP contribution in [0.2, 0.25) is 0 Å². The summed E-state index contributed by atoms with van der Waals surface area (Å²) in [5, 5.41) is 0. The van der Waals surface area contributed by atoms with E-state index >= 15 is 0 Å². The molecule has 1 heterocycles. The molecule has 1 fully saturated rings. The van der Waals surface area contributed by atoms with Crippen molar-refractivity contribution in [3.63, 3.8) is 0 Å². The number of likely N-dealkylation sites (tertiary alicyclic amines) is 1. The first kappa shape index (κ1) is 10.1. The second-order valence-electron chi connectivity index (χ2n) is 4.17. The van der Waals surface area contributed by atoms with Crippen LogP contribution in [-0.4, -0.2) is 24.4 Å². The first-order chi connectivity index (χ1) is 7.07. The first-order valence-electron chi connectivity index (χ1n) is 4.71. The molecule has 4 heteroatoms.